The van der Waals surface area contributed by atoms with Crippen LogP contribution in [0.3, 0.4) is 0 Å². The zero-order valence-corrected chi connectivity index (χ0v) is 33.4. The summed E-state index contributed by atoms with van der Waals surface area (Å²) >= 11 is 7.22. The maximum atomic E-state index is 15.1. The van der Waals surface area contributed by atoms with Crippen LogP contribution < -0.4 is 0 Å². The summed E-state index contributed by atoms with van der Waals surface area (Å²) in [6, 6.07) is 8.46. The van der Waals surface area contributed by atoms with Gasteiger partial charge in [-0.15, -0.1) is 11.6 Å². The number of methoxy groups -OCH3 is 1. The first-order chi connectivity index (χ1) is 25.6. The van der Waals surface area contributed by atoms with Gasteiger partial charge in [-0.2, -0.15) is 0 Å². The van der Waals surface area contributed by atoms with Gasteiger partial charge < -0.3 is 28.4 Å². The number of alkyl halides is 1. The molecule has 2 saturated carbocycles. The molecule has 12 heteroatoms. The first kappa shape index (κ1) is 42.1. The van der Waals surface area contributed by atoms with E-state index in [1.165, 1.54) is 14.0 Å². The van der Waals surface area contributed by atoms with Crippen LogP contribution in [0.4, 0.5) is 0 Å². The number of hydrogen-bond donors (Lipinski definition) is 0. The van der Waals surface area contributed by atoms with Crippen LogP contribution in [0.2, 0.25) is 0 Å². The average molecular weight is 781 g/mol. The predicted molar refractivity (Wildman–Crippen MR) is 202 cm³/mol. The molecule has 1 aromatic rings. The lowest BCUT2D eigenvalue weighted by Crippen LogP contribution is -2.53. The van der Waals surface area contributed by atoms with E-state index < -0.39 is 57.9 Å². The number of sulfone groups is 1. The molecule has 0 bridgehead atoms. The molecular weight excluding hydrogens is 720 g/mol. The molecule has 2 saturated heterocycles. The molecule has 4 unspecified atom stereocenters. The number of carbonyl (C=O) groups excluding carboxylic acids is 2. The van der Waals surface area contributed by atoms with E-state index in [4.69, 9.17) is 40.0 Å². The van der Waals surface area contributed by atoms with Crippen molar-refractivity contribution in [1.29, 1.82) is 0 Å². The largest absolute Gasteiger partial charge is 0.469 e. The third-order valence-electron chi connectivity index (χ3n) is 12.0. The number of halogens is 1. The first-order valence-corrected chi connectivity index (χ1v) is 21.9. The number of esters is 2. The van der Waals surface area contributed by atoms with Gasteiger partial charge in [-0.05, 0) is 113 Å². The second-order valence-electron chi connectivity index (χ2n) is 15.3. The Morgan fingerprint density at radius 1 is 1.00 bits per heavy atom. The number of rotatable bonds is 19. The molecule has 298 valence electrons. The second kappa shape index (κ2) is 20.2. The molecule has 0 amide bonds. The normalized spacial score (nSPS) is 29.2. The summed E-state index contributed by atoms with van der Waals surface area (Å²) in [7, 11) is -2.72. The smallest absolute Gasteiger partial charge is 0.305 e. The van der Waals surface area contributed by atoms with Crippen LogP contribution in [0.15, 0.2) is 47.4 Å². The molecule has 4 aliphatic rings. The van der Waals surface area contributed by atoms with Crippen molar-refractivity contribution in [3.8, 4) is 0 Å². The van der Waals surface area contributed by atoms with Gasteiger partial charge in [0.05, 0.1) is 24.2 Å². The van der Waals surface area contributed by atoms with Crippen molar-refractivity contribution in [3.05, 3.63) is 42.5 Å². The molecule has 2 heterocycles. The van der Waals surface area contributed by atoms with Crippen molar-refractivity contribution in [2.45, 2.75) is 163 Å². The van der Waals surface area contributed by atoms with E-state index in [0.717, 1.165) is 64.2 Å². The average Bonchev–Trinajstić information content (AvgIpc) is 3.44. The van der Waals surface area contributed by atoms with Crippen LogP contribution in [-0.4, -0.2) is 82.2 Å². The van der Waals surface area contributed by atoms with E-state index in [1.54, 1.807) is 30.3 Å². The molecule has 53 heavy (non-hydrogen) atoms. The van der Waals surface area contributed by atoms with Gasteiger partial charge in [-0.1, -0.05) is 43.7 Å². The summed E-state index contributed by atoms with van der Waals surface area (Å²) in [5.41, 5.74) is -0.213. The van der Waals surface area contributed by atoms with Crippen LogP contribution >= 0.6 is 11.6 Å². The number of benzene rings is 1. The standard InChI is InChI=1S/C41H61ClO10S/c1-4-41(23-16-24-41)35(52-38-22-13-15-26-49-38)28-34(53(45,46)30-17-8-7-9-18-30)40(50-29(2)43)39-31(19-10-5-6-11-20-36(44)47-3)32(42)27-33(39)51-37-21-12-14-25-48-37/h5,7-10,17-18,31-35,37-40H,4,6,11-16,19-28H2,1-3H3/b10-5-/t31-,32+,33+,34?,35-,37?,38?,39+,40?/m0/s1. The van der Waals surface area contributed by atoms with Crippen molar-refractivity contribution in [3.63, 3.8) is 0 Å². The number of allylic oxidation sites excluding steroid dienone is 2. The van der Waals surface area contributed by atoms with Gasteiger partial charge in [0.2, 0.25) is 0 Å². The second-order valence-corrected chi connectivity index (χ2v) is 18.1. The van der Waals surface area contributed by atoms with Gasteiger partial charge >= 0.3 is 11.9 Å². The first-order valence-electron chi connectivity index (χ1n) is 19.9. The highest BCUT2D eigenvalue weighted by Crippen LogP contribution is 2.52. The summed E-state index contributed by atoms with van der Waals surface area (Å²) in [6.45, 7) is 4.69. The molecule has 4 fully saturated rings. The van der Waals surface area contributed by atoms with Crippen LogP contribution in [-0.2, 0) is 47.8 Å². The topological polar surface area (TPSA) is 124 Å². The minimum Gasteiger partial charge on any atom is -0.469 e. The lowest BCUT2D eigenvalue weighted by atomic mass is 9.62. The summed E-state index contributed by atoms with van der Waals surface area (Å²) < 4.78 is 67.0. The Balaban J connectivity index is 1.55. The molecule has 9 atom stereocenters. The maximum absolute atomic E-state index is 15.1. The lowest BCUT2D eigenvalue weighted by Gasteiger charge is -2.50. The van der Waals surface area contributed by atoms with E-state index in [-0.39, 0.29) is 34.0 Å². The third-order valence-corrected chi connectivity index (χ3v) is 14.7. The van der Waals surface area contributed by atoms with Crippen molar-refractivity contribution in [1.82, 2.24) is 0 Å². The van der Waals surface area contributed by atoms with E-state index >= 15 is 8.42 Å². The summed E-state index contributed by atoms with van der Waals surface area (Å²) in [6.07, 6.45) is 13.0. The Hall–Kier alpha value is -2.02. The zero-order chi connectivity index (χ0) is 37.8. The van der Waals surface area contributed by atoms with Crippen molar-refractivity contribution in [2.24, 2.45) is 17.3 Å². The number of unbranched alkanes of at least 4 members (excludes halogenated alkanes) is 1. The summed E-state index contributed by atoms with van der Waals surface area (Å²) in [5.74, 6) is -1.64. The van der Waals surface area contributed by atoms with E-state index in [9.17, 15) is 9.59 Å². The van der Waals surface area contributed by atoms with Crippen LogP contribution in [0.1, 0.15) is 117 Å². The number of ether oxygens (including phenoxy) is 6. The van der Waals surface area contributed by atoms with Gasteiger partial charge in [-0.3, -0.25) is 9.59 Å². The maximum Gasteiger partial charge on any atom is 0.305 e. The SMILES string of the molecule is CCC1([C@H](CC(C(OC(C)=O)[C@@H]2[C@@H](C/C=C\CCCC(=O)OC)[C@H](Cl)C[C@H]2OC2CCCCO2)S(=O)(=O)c2ccccc2)OC2CCCCO2)CCC1. The monoisotopic (exact) mass is 780 g/mol. The molecule has 2 aliphatic carbocycles. The minimum absolute atomic E-state index is 0.134. The highest BCUT2D eigenvalue weighted by atomic mass is 35.5. The van der Waals surface area contributed by atoms with Gasteiger partial charge in [0.25, 0.3) is 0 Å². The molecule has 0 spiro atoms. The molecule has 0 N–H and O–H groups in total. The zero-order valence-electron chi connectivity index (χ0n) is 31.8. The van der Waals surface area contributed by atoms with Crippen molar-refractivity contribution < 1.29 is 46.4 Å². The molecule has 0 radical (unpaired) electrons. The van der Waals surface area contributed by atoms with E-state index in [0.29, 0.717) is 45.3 Å². The van der Waals surface area contributed by atoms with Crippen molar-refractivity contribution in [2.75, 3.05) is 20.3 Å². The Morgan fingerprint density at radius 2 is 1.70 bits per heavy atom. The highest BCUT2D eigenvalue weighted by Gasteiger charge is 2.56. The van der Waals surface area contributed by atoms with Gasteiger partial charge in [0, 0.05) is 37.9 Å². The quantitative estimate of drug-likeness (QED) is 0.0589. The number of carbonyl (C=O) groups is 2. The van der Waals surface area contributed by atoms with Gasteiger partial charge in [0.15, 0.2) is 22.4 Å². The highest BCUT2D eigenvalue weighted by molar-refractivity contribution is 7.92. The Morgan fingerprint density at radius 3 is 2.28 bits per heavy atom. The van der Waals surface area contributed by atoms with E-state index in [1.807, 2.05) is 12.2 Å². The Bertz CT molecular complexity index is 1420. The third kappa shape index (κ3) is 11.1. The molecule has 10 nitrogen and oxygen atoms in total. The Kier molecular flexibility index (Phi) is 16.1. The molecule has 2 aliphatic heterocycles. The van der Waals surface area contributed by atoms with E-state index in [2.05, 4.69) is 6.92 Å². The minimum atomic E-state index is -4.10. The Labute approximate surface area is 321 Å². The number of hydrogen-bond acceptors (Lipinski definition) is 10. The fourth-order valence-electron chi connectivity index (χ4n) is 8.84. The predicted octanol–water partition coefficient (Wildman–Crippen LogP) is 8.09. The van der Waals surface area contributed by atoms with Crippen molar-refractivity contribution >= 4 is 33.4 Å². The summed E-state index contributed by atoms with van der Waals surface area (Å²) in [4.78, 5) is 25.0. The van der Waals surface area contributed by atoms with Gasteiger partial charge in [-0.25, -0.2) is 8.42 Å². The van der Waals surface area contributed by atoms with Gasteiger partial charge in [0.1, 0.15) is 11.4 Å². The fourth-order valence-corrected chi connectivity index (χ4v) is 11.2. The summed E-state index contributed by atoms with van der Waals surface area (Å²) in [5, 5.41) is -1.52. The lowest BCUT2D eigenvalue weighted by molar-refractivity contribution is -0.228. The molecule has 0 aromatic heterocycles. The fraction of sp³-hybridized carbons (Fsp3) is 0.756. The van der Waals surface area contributed by atoms with Crippen LogP contribution in [0, 0.1) is 17.3 Å². The molecule has 1 aromatic carbocycles. The molecular formula is C41H61ClO10S. The van der Waals surface area contributed by atoms with Crippen LogP contribution in [0.5, 0.6) is 0 Å². The molecule has 5 rings (SSSR count). The van der Waals surface area contributed by atoms with Crippen LogP contribution in [0.25, 0.3) is 0 Å².